The molecule has 2 atom stereocenters. The fraction of sp³-hybridized carbons (Fsp3) is 0.741. The van der Waals surface area contributed by atoms with Gasteiger partial charge in [-0.3, -0.25) is 14.5 Å². The number of benzene rings is 1. The monoisotopic (exact) mass is 474 g/mol. The van der Waals surface area contributed by atoms with E-state index >= 15 is 0 Å². The Kier molecular flexibility index (Phi) is 8.51. The molecule has 0 saturated carbocycles. The molecule has 7 heteroatoms. The highest BCUT2D eigenvalue weighted by Gasteiger charge is 2.42. The van der Waals surface area contributed by atoms with Gasteiger partial charge in [0.2, 0.25) is 0 Å². The first-order valence-corrected chi connectivity index (χ1v) is 13.1. The lowest BCUT2D eigenvalue weighted by Crippen LogP contribution is -2.45. The SMILES string of the molecule is CCCON(CCC)C(=O)CN1C[C@H](c2ccc3c(c2)CCO3)C[C@@H]1CC(C)(C)C1OCCO1. The van der Waals surface area contributed by atoms with Crippen molar-refractivity contribution in [1.82, 2.24) is 9.96 Å². The van der Waals surface area contributed by atoms with Crippen LogP contribution in [0.3, 0.4) is 0 Å². The zero-order valence-electron chi connectivity index (χ0n) is 21.4. The topological polar surface area (TPSA) is 60.5 Å². The summed E-state index contributed by atoms with van der Waals surface area (Å²) in [5.41, 5.74) is 2.52. The minimum absolute atomic E-state index is 0.0504. The lowest BCUT2D eigenvalue weighted by molar-refractivity contribution is -0.188. The van der Waals surface area contributed by atoms with Crippen LogP contribution < -0.4 is 4.74 Å². The van der Waals surface area contributed by atoms with E-state index in [1.54, 1.807) is 5.06 Å². The van der Waals surface area contributed by atoms with Crippen LogP contribution in [0.1, 0.15) is 70.4 Å². The third-order valence-corrected chi connectivity index (χ3v) is 7.23. The summed E-state index contributed by atoms with van der Waals surface area (Å²) in [5.74, 6) is 1.46. The number of nitrogens with zero attached hydrogens (tertiary/aromatic N) is 2. The van der Waals surface area contributed by atoms with Crippen molar-refractivity contribution < 1.29 is 23.8 Å². The van der Waals surface area contributed by atoms with Crippen LogP contribution in [0.15, 0.2) is 18.2 Å². The zero-order valence-corrected chi connectivity index (χ0v) is 21.4. The maximum Gasteiger partial charge on any atom is 0.260 e. The third-order valence-electron chi connectivity index (χ3n) is 7.23. The molecule has 2 saturated heterocycles. The molecule has 0 bridgehead atoms. The van der Waals surface area contributed by atoms with Gasteiger partial charge >= 0.3 is 0 Å². The summed E-state index contributed by atoms with van der Waals surface area (Å²) in [4.78, 5) is 21.4. The van der Waals surface area contributed by atoms with Gasteiger partial charge in [-0.15, -0.1) is 0 Å². The minimum Gasteiger partial charge on any atom is -0.493 e. The molecule has 0 radical (unpaired) electrons. The van der Waals surface area contributed by atoms with Gasteiger partial charge in [-0.1, -0.05) is 39.8 Å². The van der Waals surface area contributed by atoms with E-state index in [9.17, 15) is 4.79 Å². The van der Waals surface area contributed by atoms with Gasteiger partial charge in [0, 0.05) is 31.0 Å². The van der Waals surface area contributed by atoms with E-state index < -0.39 is 0 Å². The van der Waals surface area contributed by atoms with Crippen molar-refractivity contribution in [1.29, 1.82) is 0 Å². The van der Waals surface area contributed by atoms with Gasteiger partial charge in [0.05, 0.1) is 33.0 Å². The Hall–Kier alpha value is -1.67. The Balaban J connectivity index is 1.50. The van der Waals surface area contributed by atoms with Crippen molar-refractivity contribution in [3.63, 3.8) is 0 Å². The van der Waals surface area contributed by atoms with Crippen LogP contribution in [0.5, 0.6) is 5.75 Å². The Morgan fingerprint density at radius 3 is 2.71 bits per heavy atom. The highest BCUT2D eigenvalue weighted by atomic mass is 16.7. The van der Waals surface area contributed by atoms with Crippen molar-refractivity contribution in [3.8, 4) is 5.75 Å². The summed E-state index contributed by atoms with van der Waals surface area (Å²) in [5, 5.41) is 1.58. The van der Waals surface area contributed by atoms with E-state index in [-0.39, 0.29) is 23.7 Å². The average molecular weight is 475 g/mol. The van der Waals surface area contributed by atoms with E-state index in [4.69, 9.17) is 19.0 Å². The fourth-order valence-corrected chi connectivity index (χ4v) is 5.52. The van der Waals surface area contributed by atoms with Crippen LogP contribution in [-0.2, 0) is 25.5 Å². The molecule has 4 rings (SSSR count). The van der Waals surface area contributed by atoms with E-state index in [0.29, 0.717) is 38.8 Å². The van der Waals surface area contributed by atoms with Crippen molar-refractivity contribution in [3.05, 3.63) is 29.3 Å². The second-order valence-corrected chi connectivity index (χ2v) is 10.6. The number of carbonyl (C=O) groups excluding carboxylic acids is 1. The molecule has 190 valence electrons. The van der Waals surface area contributed by atoms with Crippen molar-refractivity contribution in [2.75, 3.05) is 46.1 Å². The summed E-state index contributed by atoms with van der Waals surface area (Å²) in [6.45, 7) is 13.1. The Morgan fingerprint density at radius 2 is 1.97 bits per heavy atom. The van der Waals surface area contributed by atoms with Gasteiger partial charge in [-0.05, 0) is 48.8 Å². The summed E-state index contributed by atoms with van der Waals surface area (Å²) in [6.07, 6.45) is 4.49. The second kappa shape index (κ2) is 11.4. The second-order valence-electron chi connectivity index (χ2n) is 10.6. The molecule has 3 heterocycles. The molecule has 0 aliphatic carbocycles. The third kappa shape index (κ3) is 5.93. The number of fused-ring (bicyclic) bond motifs is 1. The number of hydrogen-bond acceptors (Lipinski definition) is 6. The van der Waals surface area contributed by atoms with Crippen LogP contribution in [0.4, 0.5) is 0 Å². The average Bonchev–Trinajstić information content (AvgIpc) is 3.57. The minimum atomic E-state index is -0.189. The largest absolute Gasteiger partial charge is 0.493 e. The molecule has 0 N–H and O–H groups in total. The smallest absolute Gasteiger partial charge is 0.260 e. The van der Waals surface area contributed by atoms with E-state index in [2.05, 4.69) is 50.8 Å². The highest BCUT2D eigenvalue weighted by molar-refractivity contribution is 5.77. The van der Waals surface area contributed by atoms with Crippen LogP contribution in [0.2, 0.25) is 0 Å². The van der Waals surface area contributed by atoms with Crippen molar-refractivity contribution >= 4 is 5.91 Å². The molecule has 1 amide bonds. The predicted octanol–water partition coefficient (Wildman–Crippen LogP) is 4.15. The predicted molar refractivity (Wildman–Crippen MR) is 131 cm³/mol. The molecule has 3 aliphatic rings. The molecule has 1 aromatic carbocycles. The molecule has 7 nitrogen and oxygen atoms in total. The van der Waals surface area contributed by atoms with Crippen molar-refractivity contribution in [2.24, 2.45) is 5.41 Å². The number of hydrogen-bond donors (Lipinski definition) is 0. The first kappa shape index (κ1) is 25.4. The molecule has 2 fully saturated rings. The number of rotatable bonds is 11. The maximum atomic E-state index is 13.3. The van der Waals surface area contributed by atoms with Crippen LogP contribution >= 0.6 is 0 Å². The zero-order chi connectivity index (χ0) is 24.1. The number of carbonyl (C=O) groups is 1. The van der Waals surface area contributed by atoms with Gasteiger partial charge in [0.15, 0.2) is 6.29 Å². The number of hydroxylamine groups is 2. The first-order valence-electron chi connectivity index (χ1n) is 13.1. The summed E-state index contributed by atoms with van der Waals surface area (Å²) in [6, 6.07) is 6.92. The number of likely N-dealkylation sites (tertiary alicyclic amines) is 1. The molecule has 1 aromatic rings. The summed E-state index contributed by atoms with van der Waals surface area (Å²) >= 11 is 0. The van der Waals surface area contributed by atoms with Crippen LogP contribution in [0.25, 0.3) is 0 Å². The summed E-state index contributed by atoms with van der Waals surface area (Å²) < 4.78 is 17.5. The van der Waals surface area contributed by atoms with Crippen LogP contribution in [-0.4, -0.2) is 74.3 Å². The lowest BCUT2D eigenvalue weighted by atomic mass is 9.82. The summed E-state index contributed by atoms with van der Waals surface area (Å²) in [7, 11) is 0. The molecule has 0 unspecified atom stereocenters. The van der Waals surface area contributed by atoms with Gasteiger partial charge in [0.1, 0.15) is 5.75 Å². The maximum absolute atomic E-state index is 13.3. The first-order chi connectivity index (χ1) is 16.4. The van der Waals surface area contributed by atoms with Gasteiger partial charge in [-0.25, -0.2) is 5.06 Å². The Morgan fingerprint density at radius 1 is 1.18 bits per heavy atom. The molecule has 0 spiro atoms. The number of amides is 1. The normalized spacial score (nSPS) is 23.3. The Bertz CT molecular complexity index is 823. The van der Waals surface area contributed by atoms with Gasteiger partial charge < -0.3 is 14.2 Å². The van der Waals surface area contributed by atoms with E-state index in [1.807, 2.05) is 0 Å². The van der Waals surface area contributed by atoms with E-state index in [0.717, 1.165) is 51.0 Å². The fourth-order valence-electron chi connectivity index (χ4n) is 5.52. The number of ether oxygens (including phenoxy) is 3. The van der Waals surface area contributed by atoms with E-state index in [1.165, 1.54) is 11.1 Å². The lowest BCUT2D eigenvalue weighted by Gasteiger charge is -2.35. The molecular formula is C27H42N2O5. The molecule has 34 heavy (non-hydrogen) atoms. The Labute approximate surface area is 204 Å². The highest BCUT2D eigenvalue weighted by Crippen LogP contribution is 2.41. The standard InChI is InChI=1S/C27H42N2O5/c1-5-10-29(34-11-6-2)25(30)19-28-18-22(20-7-8-24-21(15-20)9-12-31-24)16-23(28)17-27(3,4)26-32-13-14-33-26/h7-8,15,22-23,26H,5-6,9-14,16-19H2,1-4H3/t22-,23-/m1/s1. The molecule has 0 aromatic heterocycles. The van der Waals surface area contributed by atoms with Gasteiger partial charge in [-0.2, -0.15) is 0 Å². The van der Waals surface area contributed by atoms with Gasteiger partial charge in [0.25, 0.3) is 5.91 Å². The van der Waals surface area contributed by atoms with Crippen LogP contribution in [0, 0.1) is 5.41 Å². The molecular weight excluding hydrogens is 432 g/mol. The van der Waals surface area contributed by atoms with Crippen molar-refractivity contribution in [2.45, 2.75) is 78.0 Å². The quantitative estimate of drug-likeness (QED) is 0.449. The molecule has 3 aliphatic heterocycles.